The Morgan fingerprint density at radius 2 is 1.79 bits per heavy atom. The van der Waals surface area contributed by atoms with Crippen LogP contribution in [0, 0.1) is 11.6 Å². The maximum Gasteiger partial charge on any atom is 0.261 e. The molecule has 0 saturated carbocycles. The zero-order valence-electron chi connectivity index (χ0n) is 20.1. The molecule has 196 valence electrons. The summed E-state index contributed by atoms with van der Waals surface area (Å²) in [4.78, 5) is 12.9. The maximum absolute atomic E-state index is 15.0. The molecule has 38 heavy (non-hydrogen) atoms. The second kappa shape index (κ2) is 11.1. The van der Waals surface area contributed by atoms with Crippen LogP contribution in [0.4, 0.5) is 20.4 Å². The molecule has 0 amide bonds. The highest BCUT2D eigenvalue weighted by Gasteiger charge is 2.22. The SMILES string of the molecule is O=S(=O)(Nc1ccc(Oc2ncccc2-c2ccnc(N[C@H]3CCCNC3)n2)c(F)c1F)c1ccccc1. The molecule has 1 aliphatic heterocycles. The number of rotatable bonds is 8. The predicted molar refractivity (Wildman–Crippen MR) is 138 cm³/mol. The third kappa shape index (κ3) is 5.71. The number of pyridine rings is 1. The van der Waals surface area contributed by atoms with Gasteiger partial charge in [-0.1, -0.05) is 18.2 Å². The van der Waals surface area contributed by atoms with Crippen molar-refractivity contribution >= 4 is 21.7 Å². The molecule has 2 aromatic heterocycles. The van der Waals surface area contributed by atoms with E-state index >= 15 is 0 Å². The molecule has 2 aromatic carbocycles. The molecule has 3 N–H and O–H groups in total. The zero-order chi connectivity index (χ0) is 26.5. The maximum atomic E-state index is 15.0. The van der Waals surface area contributed by atoms with Crippen LogP contribution in [0.25, 0.3) is 11.3 Å². The van der Waals surface area contributed by atoms with Crippen molar-refractivity contribution in [2.75, 3.05) is 23.1 Å². The molecule has 9 nitrogen and oxygen atoms in total. The lowest BCUT2D eigenvalue weighted by Gasteiger charge is -2.23. The molecular formula is C26H24F2N6O3S. The Labute approximate surface area is 218 Å². The minimum Gasteiger partial charge on any atom is -0.435 e. The molecule has 1 fully saturated rings. The number of hydrogen-bond donors (Lipinski definition) is 3. The quantitative estimate of drug-likeness (QED) is 0.299. The van der Waals surface area contributed by atoms with Crippen LogP contribution in [0.5, 0.6) is 11.6 Å². The lowest BCUT2D eigenvalue weighted by molar-refractivity contribution is 0.407. The van der Waals surface area contributed by atoms with E-state index in [0.29, 0.717) is 17.2 Å². The molecule has 3 heterocycles. The molecule has 1 saturated heterocycles. The van der Waals surface area contributed by atoms with Crippen LogP contribution in [0.3, 0.4) is 0 Å². The molecule has 12 heteroatoms. The van der Waals surface area contributed by atoms with E-state index in [1.165, 1.54) is 30.5 Å². The Bertz CT molecular complexity index is 1530. The summed E-state index contributed by atoms with van der Waals surface area (Å²) in [5.74, 6) is -2.82. The number of halogens is 2. The second-order valence-corrected chi connectivity index (χ2v) is 10.3. The van der Waals surface area contributed by atoms with Gasteiger partial charge in [-0.05, 0) is 61.9 Å². The van der Waals surface area contributed by atoms with Crippen LogP contribution in [0.1, 0.15) is 12.8 Å². The highest BCUT2D eigenvalue weighted by atomic mass is 32.2. The summed E-state index contributed by atoms with van der Waals surface area (Å²) in [6.07, 6.45) is 5.08. The molecule has 0 bridgehead atoms. The van der Waals surface area contributed by atoms with Gasteiger partial charge in [0.05, 0.1) is 21.8 Å². The van der Waals surface area contributed by atoms with Crippen LogP contribution in [0.15, 0.2) is 78.0 Å². The van der Waals surface area contributed by atoms with Crippen molar-refractivity contribution in [2.45, 2.75) is 23.8 Å². The monoisotopic (exact) mass is 538 g/mol. The first-order chi connectivity index (χ1) is 18.4. The number of piperidine rings is 1. The molecule has 0 aliphatic carbocycles. The van der Waals surface area contributed by atoms with Crippen LogP contribution in [-0.4, -0.2) is 42.5 Å². The van der Waals surface area contributed by atoms with E-state index in [-0.39, 0.29) is 16.8 Å². The van der Waals surface area contributed by atoms with Crippen molar-refractivity contribution < 1.29 is 21.9 Å². The summed E-state index contributed by atoms with van der Waals surface area (Å²) in [5.41, 5.74) is 0.361. The van der Waals surface area contributed by atoms with Gasteiger partial charge in [0.1, 0.15) is 0 Å². The zero-order valence-corrected chi connectivity index (χ0v) is 20.9. The van der Waals surface area contributed by atoms with Gasteiger partial charge in [-0.3, -0.25) is 4.72 Å². The van der Waals surface area contributed by atoms with E-state index < -0.39 is 33.1 Å². The first kappa shape index (κ1) is 25.5. The van der Waals surface area contributed by atoms with Crippen LogP contribution >= 0.6 is 0 Å². The number of sulfonamides is 1. The number of nitrogens with zero attached hydrogens (tertiary/aromatic N) is 3. The number of ether oxygens (including phenoxy) is 1. The summed E-state index contributed by atoms with van der Waals surface area (Å²) in [6.45, 7) is 1.78. The Balaban J connectivity index is 1.38. The Kier molecular flexibility index (Phi) is 7.43. The van der Waals surface area contributed by atoms with Gasteiger partial charge < -0.3 is 15.4 Å². The fourth-order valence-corrected chi connectivity index (χ4v) is 5.08. The first-order valence-electron chi connectivity index (χ1n) is 11.9. The van der Waals surface area contributed by atoms with Gasteiger partial charge >= 0.3 is 0 Å². The van der Waals surface area contributed by atoms with Gasteiger partial charge in [0.25, 0.3) is 10.0 Å². The summed E-state index contributed by atoms with van der Waals surface area (Å²) in [6, 6.07) is 14.8. The number of benzene rings is 2. The largest absolute Gasteiger partial charge is 0.435 e. The van der Waals surface area contributed by atoms with Crippen molar-refractivity contribution in [1.29, 1.82) is 0 Å². The highest BCUT2D eigenvalue weighted by Crippen LogP contribution is 2.34. The molecule has 0 unspecified atom stereocenters. The summed E-state index contributed by atoms with van der Waals surface area (Å²) in [7, 11) is -4.12. The Hall–Kier alpha value is -4.16. The molecule has 4 aromatic rings. The van der Waals surface area contributed by atoms with Crippen molar-refractivity contribution in [3.63, 3.8) is 0 Å². The topological polar surface area (TPSA) is 118 Å². The lowest BCUT2D eigenvalue weighted by atomic mass is 10.1. The van der Waals surface area contributed by atoms with Gasteiger partial charge in [0, 0.05) is 25.0 Å². The van der Waals surface area contributed by atoms with Gasteiger partial charge in [-0.15, -0.1) is 0 Å². The molecule has 1 aliphatic rings. The Morgan fingerprint density at radius 3 is 2.58 bits per heavy atom. The lowest BCUT2D eigenvalue weighted by Crippen LogP contribution is -2.38. The smallest absolute Gasteiger partial charge is 0.261 e. The molecule has 0 radical (unpaired) electrons. The van der Waals surface area contributed by atoms with Crippen molar-refractivity contribution in [3.05, 3.63) is 84.7 Å². The van der Waals surface area contributed by atoms with E-state index in [9.17, 15) is 17.2 Å². The third-order valence-corrected chi connectivity index (χ3v) is 7.27. The van der Waals surface area contributed by atoms with E-state index in [0.717, 1.165) is 38.1 Å². The average molecular weight is 539 g/mol. The predicted octanol–water partition coefficient (Wildman–Crippen LogP) is 4.57. The van der Waals surface area contributed by atoms with E-state index in [1.807, 2.05) is 0 Å². The number of aromatic nitrogens is 3. The first-order valence-corrected chi connectivity index (χ1v) is 13.4. The standard InChI is InChI=1S/C26H24F2N6O3S/c27-23-21(34-38(35,36)18-7-2-1-3-8-18)10-11-22(24(23)28)37-25-19(9-5-14-30-25)20-12-15-31-26(33-20)32-17-6-4-13-29-16-17/h1-3,5,7-12,14-15,17,29,34H,4,6,13,16H2,(H,31,32,33)/t17-/m0/s1. The summed E-state index contributed by atoms with van der Waals surface area (Å²) >= 11 is 0. The van der Waals surface area contributed by atoms with Crippen molar-refractivity contribution in [3.8, 4) is 22.9 Å². The van der Waals surface area contributed by atoms with Crippen LogP contribution in [-0.2, 0) is 10.0 Å². The highest BCUT2D eigenvalue weighted by molar-refractivity contribution is 7.92. The fourth-order valence-electron chi connectivity index (χ4n) is 4.00. The minimum absolute atomic E-state index is 0.00704. The third-order valence-electron chi connectivity index (χ3n) is 5.88. The van der Waals surface area contributed by atoms with Crippen LogP contribution in [0.2, 0.25) is 0 Å². The molecular weight excluding hydrogens is 514 g/mol. The fraction of sp³-hybridized carbons (Fsp3) is 0.192. The minimum atomic E-state index is -4.12. The molecule has 0 spiro atoms. The van der Waals surface area contributed by atoms with E-state index in [2.05, 4.69) is 30.3 Å². The molecule has 5 rings (SSSR count). The van der Waals surface area contributed by atoms with E-state index in [4.69, 9.17) is 4.74 Å². The summed E-state index contributed by atoms with van der Waals surface area (Å²) < 4.78 is 62.6. The second-order valence-electron chi connectivity index (χ2n) is 8.57. The van der Waals surface area contributed by atoms with Gasteiger partial charge in [-0.25, -0.2) is 27.8 Å². The van der Waals surface area contributed by atoms with Crippen LogP contribution < -0.4 is 20.1 Å². The van der Waals surface area contributed by atoms with Crippen molar-refractivity contribution in [2.24, 2.45) is 0 Å². The number of nitrogens with one attached hydrogen (secondary N) is 3. The van der Waals surface area contributed by atoms with Gasteiger partial charge in [-0.2, -0.15) is 4.39 Å². The van der Waals surface area contributed by atoms with Gasteiger partial charge in [0.15, 0.2) is 11.6 Å². The summed E-state index contributed by atoms with van der Waals surface area (Å²) in [5, 5.41) is 6.62. The number of hydrogen-bond acceptors (Lipinski definition) is 8. The molecule has 1 atom stereocenters. The Morgan fingerprint density at radius 1 is 0.947 bits per heavy atom. The number of anilines is 2. The van der Waals surface area contributed by atoms with Gasteiger partial charge in [0.2, 0.25) is 17.6 Å². The van der Waals surface area contributed by atoms with Crippen molar-refractivity contribution in [1.82, 2.24) is 20.3 Å². The van der Waals surface area contributed by atoms with E-state index in [1.54, 1.807) is 30.5 Å². The normalized spacial score (nSPS) is 15.6. The average Bonchev–Trinajstić information content (AvgIpc) is 2.94.